The summed E-state index contributed by atoms with van der Waals surface area (Å²) in [5, 5.41) is 2.85. The van der Waals surface area contributed by atoms with E-state index in [4.69, 9.17) is 4.74 Å². The minimum absolute atomic E-state index is 0.0939. The molecule has 2 aromatic rings. The summed E-state index contributed by atoms with van der Waals surface area (Å²) in [4.78, 5) is 0. The zero-order chi connectivity index (χ0) is 14.7. The van der Waals surface area contributed by atoms with Crippen LogP contribution < -0.4 is 10.1 Å². The maximum atomic E-state index is 13.9. The van der Waals surface area contributed by atoms with Crippen molar-refractivity contribution in [2.45, 2.75) is 6.04 Å². The van der Waals surface area contributed by atoms with Crippen molar-refractivity contribution >= 4 is 0 Å². The normalized spacial score (nSPS) is 12.2. The van der Waals surface area contributed by atoms with Gasteiger partial charge in [-0.25, -0.2) is 13.2 Å². The number of rotatable bonds is 4. The molecular formula is C15H14F3NO. The zero-order valence-corrected chi connectivity index (χ0v) is 11.1. The molecule has 0 amide bonds. The van der Waals surface area contributed by atoms with Gasteiger partial charge in [-0.15, -0.1) is 0 Å². The van der Waals surface area contributed by atoms with Crippen molar-refractivity contribution in [3.63, 3.8) is 0 Å². The summed E-state index contributed by atoms with van der Waals surface area (Å²) in [6.45, 7) is 0. The van der Waals surface area contributed by atoms with Gasteiger partial charge < -0.3 is 10.1 Å². The average molecular weight is 281 g/mol. The molecule has 0 fully saturated rings. The molecule has 0 saturated carbocycles. The predicted octanol–water partition coefficient (Wildman–Crippen LogP) is 3.42. The van der Waals surface area contributed by atoms with Gasteiger partial charge in [0, 0.05) is 11.1 Å². The molecule has 2 aromatic carbocycles. The van der Waals surface area contributed by atoms with E-state index in [9.17, 15) is 13.2 Å². The van der Waals surface area contributed by atoms with E-state index in [1.165, 1.54) is 25.3 Å². The van der Waals surface area contributed by atoms with Crippen LogP contribution in [0.5, 0.6) is 5.75 Å². The van der Waals surface area contributed by atoms with Gasteiger partial charge >= 0.3 is 0 Å². The van der Waals surface area contributed by atoms with Gasteiger partial charge in [0.25, 0.3) is 0 Å². The molecule has 2 nitrogen and oxygen atoms in total. The largest absolute Gasteiger partial charge is 0.496 e. The Morgan fingerprint density at radius 3 is 2.15 bits per heavy atom. The van der Waals surface area contributed by atoms with Crippen LogP contribution in [0.3, 0.4) is 0 Å². The number of hydrogen-bond acceptors (Lipinski definition) is 2. The lowest BCUT2D eigenvalue weighted by atomic mass is 9.97. The molecule has 0 aliphatic rings. The lowest BCUT2D eigenvalue weighted by Gasteiger charge is -2.20. The summed E-state index contributed by atoms with van der Waals surface area (Å²) in [5.74, 6) is -1.21. The van der Waals surface area contributed by atoms with E-state index in [1.54, 1.807) is 7.05 Å². The molecule has 0 saturated heterocycles. The zero-order valence-electron chi connectivity index (χ0n) is 11.1. The molecule has 1 unspecified atom stereocenters. The van der Waals surface area contributed by atoms with Gasteiger partial charge in [-0.05, 0) is 43.4 Å². The highest BCUT2D eigenvalue weighted by molar-refractivity contribution is 5.42. The average Bonchev–Trinajstić information content (AvgIpc) is 2.44. The fourth-order valence-corrected chi connectivity index (χ4v) is 2.15. The van der Waals surface area contributed by atoms with Crippen molar-refractivity contribution in [1.82, 2.24) is 5.32 Å². The Balaban J connectivity index is 2.57. The molecule has 2 rings (SSSR count). The van der Waals surface area contributed by atoms with E-state index in [0.717, 1.165) is 18.2 Å². The number of nitrogens with one attached hydrogen (secondary N) is 1. The minimum Gasteiger partial charge on any atom is -0.496 e. The number of hydrogen-bond donors (Lipinski definition) is 1. The lowest BCUT2D eigenvalue weighted by molar-refractivity contribution is 0.403. The van der Waals surface area contributed by atoms with Gasteiger partial charge in [0.2, 0.25) is 0 Å². The van der Waals surface area contributed by atoms with Crippen LogP contribution in [-0.2, 0) is 0 Å². The molecule has 0 aliphatic heterocycles. The van der Waals surface area contributed by atoms with E-state index >= 15 is 0 Å². The maximum absolute atomic E-state index is 13.9. The fraction of sp³-hybridized carbons (Fsp3) is 0.200. The SMILES string of the molecule is CNC(c1cc(F)ccc1F)c1cc(F)ccc1OC. The summed E-state index contributed by atoms with van der Waals surface area (Å²) in [5.41, 5.74) is 0.496. The first-order valence-electron chi connectivity index (χ1n) is 6.02. The quantitative estimate of drug-likeness (QED) is 0.927. The third kappa shape index (κ3) is 2.77. The van der Waals surface area contributed by atoms with Crippen LogP contribution in [0, 0.1) is 17.5 Å². The van der Waals surface area contributed by atoms with Crippen molar-refractivity contribution in [3.05, 3.63) is 65.0 Å². The van der Waals surface area contributed by atoms with Crippen LogP contribution in [-0.4, -0.2) is 14.2 Å². The van der Waals surface area contributed by atoms with Gasteiger partial charge in [0.1, 0.15) is 23.2 Å². The highest BCUT2D eigenvalue weighted by Gasteiger charge is 2.21. The number of methoxy groups -OCH3 is 1. The molecule has 0 spiro atoms. The minimum atomic E-state index is -0.712. The predicted molar refractivity (Wildman–Crippen MR) is 70.2 cm³/mol. The standard InChI is InChI=1S/C15H14F3NO/c1-19-15(11-7-9(16)3-5-13(11)18)12-8-10(17)4-6-14(12)20-2/h3-8,15,19H,1-2H3. The van der Waals surface area contributed by atoms with E-state index in [0.29, 0.717) is 11.3 Å². The van der Waals surface area contributed by atoms with Gasteiger partial charge in [0.15, 0.2) is 0 Å². The molecule has 0 aliphatic carbocycles. The molecule has 0 heterocycles. The molecule has 0 radical (unpaired) electrons. The first-order chi connectivity index (χ1) is 9.56. The van der Waals surface area contributed by atoms with Crippen molar-refractivity contribution in [1.29, 1.82) is 0 Å². The van der Waals surface area contributed by atoms with E-state index in [-0.39, 0.29) is 5.56 Å². The van der Waals surface area contributed by atoms with Crippen LogP contribution in [0.4, 0.5) is 13.2 Å². The second kappa shape index (κ2) is 5.96. The van der Waals surface area contributed by atoms with Gasteiger partial charge in [-0.2, -0.15) is 0 Å². The Morgan fingerprint density at radius 2 is 1.55 bits per heavy atom. The molecule has 106 valence electrons. The molecular weight excluding hydrogens is 267 g/mol. The van der Waals surface area contributed by atoms with Gasteiger partial charge in [-0.3, -0.25) is 0 Å². The first-order valence-corrected chi connectivity index (χ1v) is 6.02. The number of ether oxygens (including phenoxy) is 1. The Bertz CT molecular complexity index is 616. The topological polar surface area (TPSA) is 21.3 Å². The Labute approximate surface area is 115 Å². The lowest BCUT2D eigenvalue weighted by Crippen LogP contribution is -2.20. The fourth-order valence-electron chi connectivity index (χ4n) is 2.15. The highest BCUT2D eigenvalue weighted by Crippen LogP contribution is 2.32. The molecule has 0 bridgehead atoms. The Morgan fingerprint density at radius 1 is 0.950 bits per heavy atom. The molecule has 1 atom stereocenters. The maximum Gasteiger partial charge on any atom is 0.128 e. The van der Waals surface area contributed by atoms with E-state index in [2.05, 4.69) is 5.32 Å². The van der Waals surface area contributed by atoms with E-state index < -0.39 is 23.5 Å². The van der Waals surface area contributed by atoms with Gasteiger partial charge in [0.05, 0.1) is 13.2 Å². The van der Waals surface area contributed by atoms with Crippen molar-refractivity contribution in [2.24, 2.45) is 0 Å². The van der Waals surface area contributed by atoms with Crippen LogP contribution in [0.25, 0.3) is 0 Å². The first kappa shape index (κ1) is 14.4. The van der Waals surface area contributed by atoms with Crippen LogP contribution in [0.15, 0.2) is 36.4 Å². The highest BCUT2D eigenvalue weighted by atomic mass is 19.1. The number of benzene rings is 2. The summed E-state index contributed by atoms with van der Waals surface area (Å²) in [6, 6.07) is 6.39. The summed E-state index contributed by atoms with van der Waals surface area (Å²) in [7, 11) is 3.02. The van der Waals surface area contributed by atoms with Crippen LogP contribution in [0.2, 0.25) is 0 Å². The third-order valence-electron chi connectivity index (χ3n) is 3.06. The smallest absolute Gasteiger partial charge is 0.128 e. The van der Waals surface area contributed by atoms with Gasteiger partial charge in [-0.1, -0.05) is 0 Å². The molecule has 1 N–H and O–H groups in total. The third-order valence-corrected chi connectivity index (χ3v) is 3.06. The Hall–Kier alpha value is -2.01. The molecule has 0 aromatic heterocycles. The van der Waals surface area contributed by atoms with Crippen LogP contribution >= 0.6 is 0 Å². The van der Waals surface area contributed by atoms with E-state index in [1.807, 2.05) is 0 Å². The summed E-state index contributed by atoms with van der Waals surface area (Å²) in [6.07, 6.45) is 0. The molecule has 5 heteroatoms. The Kier molecular flexibility index (Phi) is 4.29. The summed E-state index contributed by atoms with van der Waals surface area (Å²) < 4.78 is 45.8. The second-order valence-electron chi connectivity index (χ2n) is 4.27. The monoisotopic (exact) mass is 281 g/mol. The molecule has 20 heavy (non-hydrogen) atoms. The number of halogens is 3. The van der Waals surface area contributed by atoms with Crippen molar-refractivity contribution < 1.29 is 17.9 Å². The van der Waals surface area contributed by atoms with Crippen molar-refractivity contribution in [2.75, 3.05) is 14.2 Å². The second-order valence-corrected chi connectivity index (χ2v) is 4.27. The van der Waals surface area contributed by atoms with Crippen LogP contribution in [0.1, 0.15) is 17.2 Å². The van der Waals surface area contributed by atoms with Crippen molar-refractivity contribution in [3.8, 4) is 5.75 Å². The summed E-state index contributed by atoms with van der Waals surface area (Å²) >= 11 is 0.